The van der Waals surface area contributed by atoms with Crippen LogP contribution in [0.25, 0.3) is 0 Å². The highest BCUT2D eigenvalue weighted by Crippen LogP contribution is 2.03. The van der Waals surface area contributed by atoms with Gasteiger partial charge in [0.25, 0.3) is 0 Å². The number of rotatable bonds is 6. The standard InChI is InChI=1S/C8H15ClO/c1-8(10)6-4-2-3-5-7-9/h2-7H2,1H3. The first-order chi connectivity index (χ1) is 4.77. The molecule has 0 aliphatic heterocycles. The lowest BCUT2D eigenvalue weighted by Gasteiger charge is -1.95. The van der Waals surface area contributed by atoms with Gasteiger partial charge in [0.15, 0.2) is 0 Å². The molecule has 0 saturated carbocycles. The summed E-state index contributed by atoms with van der Waals surface area (Å²) in [5, 5.41) is 0. The van der Waals surface area contributed by atoms with Gasteiger partial charge in [-0.3, -0.25) is 0 Å². The normalized spacial score (nSPS) is 9.80. The van der Waals surface area contributed by atoms with Crippen molar-refractivity contribution in [3.63, 3.8) is 0 Å². The van der Waals surface area contributed by atoms with Crippen LogP contribution in [0.5, 0.6) is 0 Å². The van der Waals surface area contributed by atoms with Crippen molar-refractivity contribution in [2.75, 3.05) is 5.88 Å². The molecule has 0 atom stereocenters. The molecule has 0 fully saturated rings. The molecule has 0 aromatic rings. The molecule has 0 aromatic carbocycles. The molecule has 0 N–H and O–H groups in total. The molecule has 0 rings (SSSR count). The number of carbonyl (C=O) groups is 1. The van der Waals surface area contributed by atoms with E-state index in [1.54, 1.807) is 6.92 Å². The second kappa shape index (κ2) is 7.07. The van der Waals surface area contributed by atoms with Gasteiger partial charge in [0.1, 0.15) is 5.78 Å². The molecule has 0 heterocycles. The predicted molar refractivity (Wildman–Crippen MR) is 44.5 cm³/mol. The summed E-state index contributed by atoms with van der Waals surface area (Å²) >= 11 is 5.48. The molecule has 0 spiro atoms. The summed E-state index contributed by atoms with van der Waals surface area (Å²) in [5.41, 5.74) is 0. The van der Waals surface area contributed by atoms with E-state index in [1.807, 2.05) is 0 Å². The van der Waals surface area contributed by atoms with E-state index in [4.69, 9.17) is 11.6 Å². The number of Topliss-reactive ketones (excluding diaryl/α,β-unsaturated/α-hetero) is 1. The minimum Gasteiger partial charge on any atom is -0.300 e. The van der Waals surface area contributed by atoms with E-state index >= 15 is 0 Å². The summed E-state index contributed by atoms with van der Waals surface area (Å²) in [6, 6.07) is 0. The van der Waals surface area contributed by atoms with Gasteiger partial charge in [-0.2, -0.15) is 0 Å². The van der Waals surface area contributed by atoms with Crippen LogP contribution in [-0.4, -0.2) is 11.7 Å². The fourth-order valence-electron chi connectivity index (χ4n) is 0.822. The van der Waals surface area contributed by atoms with Crippen LogP contribution in [0.3, 0.4) is 0 Å². The van der Waals surface area contributed by atoms with Crippen molar-refractivity contribution in [1.29, 1.82) is 0 Å². The summed E-state index contributed by atoms with van der Waals surface area (Å²) in [7, 11) is 0. The molecule has 10 heavy (non-hydrogen) atoms. The van der Waals surface area contributed by atoms with Crippen LogP contribution in [0.4, 0.5) is 0 Å². The number of carbonyl (C=O) groups excluding carboxylic acids is 1. The first-order valence-corrected chi connectivity index (χ1v) is 4.36. The molecular weight excluding hydrogens is 148 g/mol. The van der Waals surface area contributed by atoms with E-state index in [2.05, 4.69) is 0 Å². The highest BCUT2D eigenvalue weighted by Gasteiger charge is 1.92. The van der Waals surface area contributed by atoms with Gasteiger partial charge in [-0.15, -0.1) is 11.6 Å². The molecular formula is C8H15ClO. The van der Waals surface area contributed by atoms with Gasteiger partial charge in [0.05, 0.1) is 0 Å². The van der Waals surface area contributed by atoms with Crippen LogP contribution < -0.4 is 0 Å². The zero-order chi connectivity index (χ0) is 7.82. The summed E-state index contributed by atoms with van der Waals surface area (Å²) < 4.78 is 0. The first-order valence-electron chi connectivity index (χ1n) is 3.82. The maximum Gasteiger partial charge on any atom is 0.129 e. The fourth-order valence-corrected chi connectivity index (χ4v) is 1.01. The SMILES string of the molecule is CC(=O)CCCCCCCl. The lowest BCUT2D eigenvalue weighted by atomic mass is 10.1. The average Bonchev–Trinajstić information content (AvgIpc) is 1.87. The summed E-state index contributed by atoms with van der Waals surface area (Å²) in [5.74, 6) is 1.05. The molecule has 0 unspecified atom stereocenters. The van der Waals surface area contributed by atoms with Crippen molar-refractivity contribution in [1.82, 2.24) is 0 Å². The van der Waals surface area contributed by atoms with Crippen LogP contribution in [0.15, 0.2) is 0 Å². The minimum atomic E-state index is 0.297. The van der Waals surface area contributed by atoms with E-state index in [0.29, 0.717) is 5.78 Å². The lowest BCUT2D eigenvalue weighted by molar-refractivity contribution is -0.117. The predicted octanol–water partition coefficient (Wildman–Crippen LogP) is 2.76. The maximum atomic E-state index is 10.5. The molecule has 0 bridgehead atoms. The van der Waals surface area contributed by atoms with Crippen LogP contribution in [0.1, 0.15) is 39.0 Å². The van der Waals surface area contributed by atoms with Gasteiger partial charge >= 0.3 is 0 Å². The lowest BCUT2D eigenvalue weighted by Crippen LogP contribution is -1.89. The second-order valence-corrected chi connectivity index (χ2v) is 2.93. The Morgan fingerprint density at radius 1 is 1.20 bits per heavy atom. The number of ketones is 1. The zero-order valence-electron chi connectivity index (χ0n) is 6.53. The summed E-state index contributed by atoms with van der Waals surface area (Å²) in [6.45, 7) is 1.64. The van der Waals surface area contributed by atoms with Crippen LogP contribution in [0, 0.1) is 0 Å². The van der Waals surface area contributed by atoms with Crippen LogP contribution in [-0.2, 0) is 4.79 Å². The highest BCUT2D eigenvalue weighted by atomic mass is 35.5. The largest absolute Gasteiger partial charge is 0.300 e. The molecule has 0 saturated heterocycles. The monoisotopic (exact) mass is 162 g/mol. The fraction of sp³-hybridized carbons (Fsp3) is 0.875. The maximum absolute atomic E-state index is 10.5. The Balaban J connectivity index is 2.84. The van der Waals surface area contributed by atoms with E-state index in [-0.39, 0.29) is 0 Å². The molecule has 1 nitrogen and oxygen atoms in total. The van der Waals surface area contributed by atoms with Crippen molar-refractivity contribution in [3.05, 3.63) is 0 Å². The van der Waals surface area contributed by atoms with Gasteiger partial charge in [-0.25, -0.2) is 0 Å². The van der Waals surface area contributed by atoms with Crippen LogP contribution in [0.2, 0.25) is 0 Å². The molecule has 0 amide bonds. The minimum absolute atomic E-state index is 0.297. The van der Waals surface area contributed by atoms with Gasteiger partial charge in [0.2, 0.25) is 0 Å². The van der Waals surface area contributed by atoms with Crippen molar-refractivity contribution in [3.8, 4) is 0 Å². The zero-order valence-corrected chi connectivity index (χ0v) is 7.28. The molecule has 60 valence electrons. The van der Waals surface area contributed by atoms with Gasteiger partial charge in [-0.05, 0) is 19.8 Å². The Morgan fingerprint density at radius 2 is 1.80 bits per heavy atom. The smallest absolute Gasteiger partial charge is 0.129 e. The Bertz CT molecular complexity index is 91.3. The third kappa shape index (κ3) is 7.96. The number of unbranched alkanes of at least 4 members (excludes halogenated alkanes) is 3. The molecule has 0 aliphatic rings. The second-order valence-electron chi connectivity index (χ2n) is 2.56. The van der Waals surface area contributed by atoms with Crippen molar-refractivity contribution < 1.29 is 4.79 Å². The Morgan fingerprint density at radius 3 is 2.30 bits per heavy atom. The van der Waals surface area contributed by atoms with Crippen LogP contribution >= 0.6 is 11.6 Å². The van der Waals surface area contributed by atoms with Gasteiger partial charge < -0.3 is 4.79 Å². The summed E-state index contributed by atoms with van der Waals surface area (Å²) in [4.78, 5) is 10.5. The highest BCUT2D eigenvalue weighted by molar-refractivity contribution is 6.17. The Hall–Kier alpha value is -0.0400. The van der Waals surface area contributed by atoms with E-state index in [0.717, 1.165) is 38.0 Å². The Kier molecular flexibility index (Phi) is 7.04. The van der Waals surface area contributed by atoms with Crippen molar-refractivity contribution >= 4 is 17.4 Å². The third-order valence-electron chi connectivity index (χ3n) is 1.41. The van der Waals surface area contributed by atoms with E-state index in [9.17, 15) is 4.79 Å². The molecule has 0 aliphatic carbocycles. The van der Waals surface area contributed by atoms with E-state index in [1.165, 1.54) is 0 Å². The topological polar surface area (TPSA) is 17.1 Å². The molecule has 0 radical (unpaired) electrons. The van der Waals surface area contributed by atoms with Crippen molar-refractivity contribution in [2.24, 2.45) is 0 Å². The van der Waals surface area contributed by atoms with Gasteiger partial charge in [0, 0.05) is 12.3 Å². The molecule has 0 aromatic heterocycles. The third-order valence-corrected chi connectivity index (χ3v) is 1.68. The average molecular weight is 163 g/mol. The Labute approximate surface area is 67.8 Å². The summed E-state index contributed by atoms with van der Waals surface area (Å²) in [6.07, 6.45) is 5.16. The van der Waals surface area contributed by atoms with E-state index < -0.39 is 0 Å². The number of hydrogen-bond donors (Lipinski definition) is 0. The quantitative estimate of drug-likeness (QED) is 0.434. The van der Waals surface area contributed by atoms with Crippen molar-refractivity contribution in [2.45, 2.75) is 39.0 Å². The molecule has 2 heteroatoms. The number of alkyl halides is 1. The first kappa shape index (κ1) is 9.96. The van der Waals surface area contributed by atoms with Gasteiger partial charge in [-0.1, -0.05) is 12.8 Å². The number of hydrogen-bond acceptors (Lipinski definition) is 1. The number of halogens is 1.